The van der Waals surface area contributed by atoms with Crippen molar-refractivity contribution >= 4 is 35.0 Å². The minimum Gasteiger partial charge on any atom is -0.304 e. The average Bonchev–Trinajstić information content (AvgIpc) is 3.08. The van der Waals surface area contributed by atoms with Crippen LogP contribution in [-0.2, 0) is 0 Å². The van der Waals surface area contributed by atoms with Crippen molar-refractivity contribution in [2.75, 3.05) is 5.43 Å². The van der Waals surface area contributed by atoms with Crippen LogP contribution in [0.3, 0.4) is 0 Å². The van der Waals surface area contributed by atoms with E-state index in [1.165, 1.54) is 0 Å². The fourth-order valence-corrected chi connectivity index (χ4v) is 3.86. The molecule has 1 N–H and O–H groups in total. The van der Waals surface area contributed by atoms with Gasteiger partial charge in [0.15, 0.2) is 5.82 Å². The molecule has 1 atom stereocenters. The second-order valence-corrected chi connectivity index (χ2v) is 6.59. The van der Waals surface area contributed by atoms with Crippen LogP contribution in [0.1, 0.15) is 10.9 Å². The van der Waals surface area contributed by atoms with Crippen molar-refractivity contribution in [1.82, 2.24) is 19.9 Å². The number of nitrogens with one attached hydrogen (secondary N) is 1. The number of fused-ring (bicyclic) bond motifs is 1. The molecule has 3 heterocycles. The van der Waals surface area contributed by atoms with E-state index in [1.54, 1.807) is 30.2 Å². The molecule has 3 aromatic rings. The number of nitrogens with zero attached hydrogens (tertiary/aromatic N) is 4. The van der Waals surface area contributed by atoms with E-state index < -0.39 is 0 Å². The molecule has 0 amide bonds. The molecule has 0 aliphatic carbocycles. The summed E-state index contributed by atoms with van der Waals surface area (Å²) < 4.78 is 1.87. The molecular weight excluding hydrogens is 341 g/mol. The standard InChI is InChI=1S/C14H9Cl2N5S/c15-9-1-2-10(11(16)7-9)13-20-21-12(18-19-14(21)22-13)8-3-5-17-6-4-8/h1-7,13,20H. The van der Waals surface area contributed by atoms with Gasteiger partial charge in [-0.2, -0.15) is 0 Å². The third-order valence-electron chi connectivity index (χ3n) is 3.29. The van der Waals surface area contributed by atoms with Crippen LogP contribution in [0, 0.1) is 0 Å². The number of rotatable bonds is 2. The van der Waals surface area contributed by atoms with Crippen molar-refractivity contribution < 1.29 is 0 Å². The molecule has 22 heavy (non-hydrogen) atoms. The first-order valence-electron chi connectivity index (χ1n) is 6.46. The SMILES string of the molecule is Clc1ccc(C2Nn3c(nnc3-c3ccncc3)S2)c(Cl)c1. The van der Waals surface area contributed by atoms with Crippen molar-refractivity contribution in [3.05, 3.63) is 58.3 Å². The number of aromatic nitrogens is 4. The molecule has 1 aliphatic rings. The van der Waals surface area contributed by atoms with E-state index in [0.717, 1.165) is 22.1 Å². The Kier molecular flexibility index (Phi) is 3.44. The van der Waals surface area contributed by atoms with Gasteiger partial charge < -0.3 is 5.43 Å². The minimum atomic E-state index is -0.0316. The fraction of sp³-hybridized carbons (Fsp3) is 0.0714. The molecular formula is C14H9Cl2N5S. The van der Waals surface area contributed by atoms with Crippen LogP contribution in [-0.4, -0.2) is 19.9 Å². The lowest BCUT2D eigenvalue weighted by Crippen LogP contribution is -2.14. The molecule has 0 fully saturated rings. The smallest absolute Gasteiger partial charge is 0.212 e. The normalized spacial score (nSPS) is 16.4. The molecule has 0 radical (unpaired) electrons. The molecule has 0 spiro atoms. The van der Waals surface area contributed by atoms with Gasteiger partial charge in [-0.1, -0.05) is 41.0 Å². The topological polar surface area (TPSA) is 55.6 Å². The Morgan fingerprint density at radius 2 is 1.91 bits per heavy atom. The second-order valence-electron chi connectivity index (χ2n) is 4.67. The summed E-state index contributed by atoms with van der Waals surface area (Å²) in [7, 11) is 0. The lowest BCUT2D eigenvalue weighted by atomic mass is 10.2. The van der Waals surface area contributed by atoms with E-state index in [4.69, 9.17) is 23.2 Å². The number of benzene rings is 1. The first-order valence-corrected chi connectivity index (χ1v) is 8.10. The van der Waals surface area contributed by atoms with Crippen LogP contribution in [0.4, 0.5) is 0 Å². The summed E-state index contributed by atoms with van der Waals surface area (Å²) >= 11 is 13.8. The maximum atomic E-state index is 6.28. The molecule has 0 saturated heterocycles. The highest BCUT2D eigenvalue weighted by molar-refractivity contribution is 7.99. The number of hydrogen-bond donors (Lipinski definition) is 1. The summed E-state index contributed by atoms with van der Waals surface area (Å²) in [5, 5.41) is 10.4. The predicted octanol–water partition coefficient (Wildman–Crippen LogP) is 3.99. The Hall–Kier alpha value is -1.76. The molecule has 4 rings (SSSR count). The number of hydrogen-bond acceptors (Lipinski definition) is 5. The molecule has 8 heteroatoms. The van der Waals surface area contributed by atoms with E-state index in [0.29, 0.717) is 10.0 Å². The van der Waals surface area contributed by atoms with Gasteiger partial charge >= 0.3 is 0 Å². The summed E-state index contributed by atoms with van der Waals surface area (Å²) in [5.74, 6) is 0.748. The zero-order valence-corrected chi connectivity index (χ0v) is 13.4. The van der Waals surface area contributed by atoms with E-state index in [2.05, 4.69) is 20.6 Å². The van der Waals surface area contributed by atoms with Gasteiger partial charge in [-0.3, -0.25) is 4.98 Å². The van der Waals surface area contributed by atoms with Crippen LogP contribution < -0.4 is 5.43 Å². The van der Waals surface area contributed by atoms with Crippen LogP contribution in [0.25, 0.3) is 11.4 Å². The zero-order chi connectivity index (χ0) is 15.1. The highest BCUT2D eigenvalue weighted by Crippen LogP contribution is 2.42. The molecule has 5 nitrogen and oxygen atoms in total. The van der Waals surface area contributed by atoms with Crippen molar-refractivity contribution in [2.24, 2.45) is 0 Å². The number of halogens is 2. The van der Waals surface area contributed by atoms with Crippen LogP contribution in [0.2, 0.25) is 10.0 Å². The molecule has 1 aliphatic heterocycles. The molecule has 110 valence electrons. The van der Waals surface area contributed by atoms with Crippen LogP contribution in [0.15, 0.2) is 47.9 Å². The molecule has 2 aromatic heterocycles. The molecule has 0 saturated carbocycles. The van der Waals surface area contributed by atoms with E-state index in [-0.39, 0.29) is 5.37 Å². The maximum absolute atomic E-state index is 6.28. The Morgan fingerprint density at radius 3 is 2.68 bits per heavy atom. The van der Waals surface area contributed by atoms with E-state index >= 15 is 0 Å². The van der Waals surface area contributed by atoms with Crippen molar-refractivity contribution in [3.8, 4) is 11.4 Å². The van der Waals surface area contributed by atoms with Crippen LogP contribution in [0.5, 0.6) is 0 Å². The molecule has 1 unspecified atom stereocenters. The summed E-state index contributed by atoms with van der Waals surface area (Å²) in [6.45, 7) is 0. The number of pyridine rings is 1. The maximum Gasteiger partial charge on any atom is 0.212 e. The summed E-state index contributed by atoms with van der Waals surface area (Å²) in [4.78, 5) is 4.02. The highest BCUT2D eigenvalue weighted by atomic mass is 35.5. The molecule has 0 bridgehead atoms. The Morgan fingerprint density at radius 1 is 1.09 bits per heavy atom. The lowest BCUT2D eigenvalue weighted by Gasteiger charge is -2.13. The quantitative estimate of drug-likeness (QED) is 0.757. The van der Waals surface area contributed by atoms with Gasteiger partial charge in [-0.15, -0.1) is 10.2 Å². The Balaban J connectivity index is 1.68. The van der Waals surface area contributed by atoms with E-state index in [1.807, 2.05) is 28.9 Å². The summed E-state index contributed by atoms with van der Waals surface area (Å²) in [5.41, 5.74) is 5.27. The van der Waals surface area contributed by atoms with Gasteiger partial charge in [-0.25, -0.2) is 4.68 Å². The van der Waals surface area contributed by atoms with E-state index in [9.17, 15) is 0 Å². The molecule has 1 aromatic carbocycles. The van der Waals surface area contributed by atoms with Gasteiger partial charge in [-0.05, 0) is 24.3 Å². The second kappa shape index (κ2) is 5.46. The van der Waals surface area contributed by atoms with Crippen molar-refractivity contribution in [2.45, 2.75) is 10.5 Å². The third kappa shape index (κ3) is 2.33. The Bertz CT molecular complexity index is 837. The lowest BCUT2D eigenvalue weighted by molar-refractivity contribution is 0.792. The minimum absolute atomic E-state index is 0.0316. The van der Waals surface area contributed by atoms with Gasteiger partial charge in [0, 0.05) is 33.6 Å². The fourth-order valence-electron chi connectivity index (χ4n) is 2.25. The highest BCUT2D eigenvalue weighted by Gasteiger charge is 2.29. The van der Waals surface area contributed by atoms with Gasteiger partial charge in [0.25, 0.3) is 0 Å². The average molecular weight is 350 g/mol. The largest absolute Gasteiger partial charge is 0.304 e. The summed E-state index contributed by atoms with van der Waals surface area (Å²) in [6, 6.07) is 9.28. The van der Waals surface area contributed by atoms with Gasteiger partial charge in [0.2, 0.25) is 5.16 Å². The first kappa shape index (κ1) is 13.9. The van der Waals surface area contributed by atoms with Gasteiger partial charge in [0.05, 0.1) is 0 Å². The predicted molar refractivity (Wildman–Crippen MR) is 87.7 cm³/mol. The van der Waals surface area contributed by atoms with Crippen LogP contribution >= 0.6 is 35.0 Å². The zero-order valence-electron chi connectivity index (χ0n) is 11.1. The number of thioether (sulfide) groups is 1. The van der Waals surface area contributed by atoms with Crippen molar-refractivity contribution in [1.29, 1.82) is 0 Å². The van der Waals surface area contributed by atoms with Gasteiger partial charge in [0.1, 0.15) is 5.37 Å². The third-order valence-corrected chi connectivity index (χ3v) is 4.92. The monoisotopic (exact) mass is 349 g/mol. The van der Waals surface area contributed by atoms with Crippen molar-refractivity contribution in [3.63, 3.8) is 0 Å². The summed E-state index contributed by atoms with van der Waals surface area (Å²) in [6.07, 6.45) is 3.46. The Labute approximate surface area is 140 Å². The first-order chi connectivity index (χ1) is 10.7.